The molecule has 0 heterocycles. The van der Waals surface area contributed by atoms with E-state index in [1.165, 1.54) is 95.3 Å². The van der Waals surface area contributed by atoms with Crippen LogP contribution in [0.4, 0.5) is 0 Å². The van der Waals surface area contributed by atoms with Crippen molar-refractivity contribution in [2.45, 2.75) is 90.9 Å². The molecular formula is C26H38BrI. The highest BCUT2D eigenvalue weighted by Gasteiger charge is 2.15. The van der Waals surface area contributed by atoms with Gasteiger partial charge in [-0.1, -0.05) is 89.5 Å². The molecule has 0 aromatic heterocycles. The third kappa shape index (κ3) is 11.0. The second-order valence-corrected chi connectivity index (χ2v) is 10.7. The Balaban J connectivity index is 0.00000392. The maximum atomic E-state index is 2.37. The summed E-state index contributed by atoms with van der Waals surface area (Å²) in [4.78, 5) is 0. The van der Waals surface area contributed by atoms with Crippen molar-refractivity contribution in [2.75, 3.05) is 0 Å². The molecule has 0 spiro atoms. The first-order chi connectivity index (χ1) is 13.3. The minimum atomic E-state index is -0.0408. The van der Waals surface area contributed by atoms with Crippen LogP contribution in [0.15, 0.2) is 48.5 Å². The van der Waals surface area contributed by atoms with Crippen molar-refractivity contribution in [1.82, 2.24) is 0 Å². The number of unbranched alkanes of at least 4 members (excludes halogenated alkanes) is 8. The molecule has 0 radical (unpaired) electrons. The largest absolute Gasteiger partial charge is 1.00 e. The number of aryl methyl sites for hydroxylation is 2. The van der Waals surface area contributed by atoms with Gasteiger partial charge < -0.3 is 17.0 Å². The van der Waals surface area contributed by atoms with Gasteiger partial charge in [0.15, 0.2) is 7.14 Å². The van der Waals surface area contributed by atoms with Crippen LogP contribution < -0.4 is 38.2 Å². The Labute approximate surface area is 194 Å². The molecule has 0 fully saturated rings. The Bertz CT molecular complexity index is 548. The summed E-state index contributed by atoms with van der Waals surface area (Å²) in [5, 5.41) is 0. The zero-order valence-electron chi connectivity index (χ0n) is 17.9. The molecule has 28 heavy (non-hydrogen) atoms. The molecule has 0 bridgehead atoms. The van der Waals surface area contributed by atoms with Gasteiger partial charge in [0.05, 0.1) is 0 Å². The smallest absolute Gasteiger partial charge is 0.357 e. The van der Waals surface area contributed by atoms with Crippen LogP contribution in [-0.2, 0) is 12.8 Å². The molecule has 2 aromatic rings. The van der Waals surface area contributed by atoms with Crippen LogP contribution in [0.1, 0.15) is 89.2 Å². The summed E-state index contributed by atoms with van der Waals surface area (Å²) in [6, 6.07) is 18.9. The first-order valence-corrected chi connectivity index (χ1v) is 13.3. The Morgan fingerprint density at radius 2 is 0.857 bits per heavy atom. The first kappa shape index (κ1) is 25.7. The van der Waals surface area contributed by atoms with E-state index >= 15 is 0 Å². The second-order valence-electron chi connectivity index (χ2n) is 7.68. The van der Waals surface area contributed by atoms with E-state index in [0.29, 0.717) is 0 Å². The summed E-state index contributed by atoms with van der Waals surface area (Å²) >= 11 is -0.0408. The molecular weight excluding hydrogens is 519 g/mol. The minimum Gasteiger partial charge on any atom is -1.00 e. The van der Waals surface area contributed by atoms with Crippen LogP contribution in [0, 0.1) is 7.14 Å². The summed E-state index contributed by atoms with van der Waals surface area (Å²) in [7, 11) is 0. The average molecular weight is 557 g/mol. The van der Waals surface area contributed by atoms with Crippen LogP contribution in [0.5, 0.6) is 0 Å². The molecule has 2 aromatic carbocycles. The van der Waals surface area contributed by atoms with Crippen molar-refractivity contribution in [2.24, 2.45) is 0 Å². The van der Waals surface area contributed by atoms with E-state index in [4.69, 9.17) is 0 Å². The Hall–Kier alpha value is -0.350. The van der Waals surface area contributed by atoms with E-state index in [2.05, 4.69) is 62.4 Å². The number of hydrogen-bond donors (Lipinski definition) is 0. The van der Waals surface area contributed by atoms with Crippen molar-refractivity contribution in [3.8, 4) is 0 Å². The molecule has 0 atom stereocenters. The van der Waals surface area contributed by atoms with Crippen molar-refractivity contribution in [3.63, 3.8) is 0 Å². The zero-order valence-corrected chi connectivity index (χ0v) is 21.6. The molecule has 0 N–H and O–H groups in total. The highest BCUT2D eigenvalue weighted by atomic mass is 127. The SMILES string of the molecule is CCCCCCCc1ccc([I+]c2ccc(CCCCCCC)cc2)cc1.[Br-]. The van der Waals surface area contributed by atoms with Crippen LogP contribution in [0.3, 0.4) is 0 Å². The average Bonchev–Trinajstić information content (AvgIpc) is 2.70. The van der Waals surface area contributed by atoms with Crippen LogP contribution in [0.25, 0.3) is 0 Å². The molecule has 2 heteroatoms. The van der Waals surface area contributed by atoms with Crippen LogP contribution in [0.2, 0.25) is 0 Å². The molecule has 0 nitrogen and oxygen atoms in total. The standard InChI is InChI=1S/C26H38I.BrH/c1-3-5-7-9-11-13-23-15-19-25(20-16-23)27-26-21-17-24(18-22-26)14-12-10-8-6-4-2;/h15-22H,3-14H2,1-2H3;1H/q+1;/p-1. The van der Waals surface area contributed by atoms with Crippen molar-refractivity contribution >= 4 is 0 Å². The van der Waals surface area contributed by atoms with Crippen molar-refractivity contribution in [3.05, 3.63) is 66.8 Å². The molecule has 156 valence electrons. The molecule has 0 aliphatic rings. The highest BCUT2D eigenvalue weighted by Crippen LogP contribution is 2.09. The van der Waals surface area contributed by atoms with Crippen molar-refractivity contribution < 1.29 is 38.2 Å². The van der Waals surface area contributed by atoms with Gasteiger partial charge in [0.1, 0.15) is 0 Å². The molecule has 0 saturated carbocycles. The van der Waals surface area contributed by atoms with Gasteiger partial charge in [-0.15, -0.1) is 0 Å². The molecule has 2 rings (SSSR count). The Morgan fingerprint density at radius 3 is 1.21 bits per heavy atom. The van der Waals surface area contributed by atoms with Gasteiger partial charge in [0, 0.05) is 0 Å². The molecule has 0 saturated heterocycles. The van der Waals surface area contributed by atoms with Gasteiger partial charge in [-0.3, -0.25) is 0 Å². The minimum absolute atomic E-state index is 0. The summed E-state index contributed by atoms with van der Waals surface area (Å²) in [5.41, 5.74) is 3.02. The molecule has 0 unspecified atom stereocenters. The molecule has 0 aliphatic carbocycles. The lowest BCUT2D eigenvalue weighted by Gasteiger charge is -2.01. The highest BCUT2D eigenvalue weighted by molar-refractivity contribution is 5.16. The number of benzene rings is 2. The normalized spacial score (nSPS) is 10.6. The van der Waals surface area contributed by atoms with E-state index in [1.807, 2.05) is 0 Å². The first-order valence-electron chi connectivity index (χ1n) is 11.1. The predicted molar refractivity (Wildman–Crippen MR) is 115 cm³/mol. The summed E-state index contributed by atoms with van der Waals surface area (Å²) < 4.78 is 3.08. The third-order valence-electron chi connectivity index (χ3n) is 5.18. The Kier molecular flexibility index (Phi) is 15.1. The van der Waals surface area contributed by atoms with E-state index in [9.17, 15) is 0 Å². The van der Waals surface area contributed by atoms with E-state index < -0.39 is 0 Å². The zero-order chi connectivity index (χ0) is 19.2. The fraction of sp³-hybridized carbons (Fsp3) is 0.538. The summed E-state index contributed by atoms with van der Waals surface area (Å²) in [6.07, 6.45) is 16.2. The summed E-state index contributed by atoms with van der Waals surface area (Å²) in [6.45, 7) is 4.56. The lowest BCUT2D eigenvalue weighted by atomic mass is 10.1. The Morgan fingerprint density at radius 1 is 0.500 bits per heavy atom. The van der Waals surface area contributed by atoms with E-state index in [1.54, 1.807) is 0 Å². The maximum absolute atomic E-state index is 2.37. The summed E-state index contributed by atoms with van der Waals surface area (Å²) in [5.74, 6) is 0. The lowest BCUT2D eigenvalue weighted by Crippen LogP contribution is -3.61. The van der Waals surface area contributed by atoms with Gasteiger partial charge >= 0.3 is 21.2 Å². The van der Waals surface area contributed by atoms with Crippen LogP contribution in [-0.4, -0.2) is 0 Å². The second kappa shape index (κ2) is 16.4. The van der Waals surface area contributed by atoms with Gasteiger partial charge in [0.2, 0.25) is 0 Å². The fourth-order valence-corrected chi connectivity index (χ4v) is 5.58. The van der Waals surface area contributed by atoms with Crippen LogP contribution >= 0.6 is 0 Å². The predicted octanol–water partition coefficient (Wildman–Crippen LogP) is 1.84. The van der Waals surface area contributed by atoms with E-state index in [0.717, 1.165) is 0 Å². The fourth-order valence-electron chi connectivity index (χ4n) is 3.42. The van der Waals surface area contributed by atoms with Crippen molar-refractivity contribution in [1.29, 1.82) is 0 Å². The van der Waals surface area contributed by atoms with E-state index in [-0.39, 0.29) is 38.2 Å². The number of hydrogen-bond acceptors (Lipinski definition) is 0. The molecule has 0 aliphatic heterocycles. The molecule has 0 amide bonds. The number of halogens is 2. The number of rotatable bonds is 14. The van der Waals surface area contributed by atoms with Gasteiger partial charge in [-0.2, -0.15) is 0 Å². The van der Waals surface area contributed by atoms with Gasteiger partial charge in [-0.25, -0.2) is 0 Å². The monoisotopic (exact) mass is 556 g/mol. The lowest BCUT2D eigenvalue weighted by molar-refractivity contribution is -0.597. The quantitative estimate of drug-likeness (QED) is 0.246. The maximum Gasteiger partial charge on any atom is 0.357 e. The third-order valence-corrected chi connectivity index (χ3v) is 7.87. The van der Waals surface area contributed by atoms with Gasteiger partial charge in [-0.05, 0) is 61.1 Å². The topological polar surface area (TPSA) is 0 Å². The van der Waals surface area contributed by atoms with Gasteiger partial charge in [0.25, 0.3) is 0 Å².